The van der Waals surface area contributed by atoms with Crippen LogP contribution in [0.4, 0.5) is 0 Å². The lowest BCUT2D eigenvalue weighted by atomic mass is 10.1. The van der Waals surface area contributed by atoms with Crippen LogP contribution in [0.2, 0.25) is 0 Å². The van der Waals surface area contributed by atoms with Gasteiger partial charge in [-0.2, -0.15) is 0 Å². The van der Waals surface area contributed by atoms with Gasteiger partial charge >= 0.3 is 0 Å². The number of amides is 2. The van der Waals surface area contributed by atoms with E-state index in [1.54, 1.807) is 30.4 Å². The summed E-state index contributed by atoms with van der Waals surface area (Å²) in [6.07, 6.45) is 3.41. The molecule has 5 nitrogen and oxygen atoms in total. The first-order chi connectivity index (χ1) is 12.1. The average Bonchev–Trinajstić information content (AvgIpc) is 2.66. The van der Waals surface area contributed by atoms with Gasteiger partial charge in [-0.25, -0.2) is 0 Å². The van der Waals surface area contributed by atoms with Crippen LogP contribution >= 0.6 is 0 Å². The molecule has 0 bridgehead atoms. The second-order valence-electron chi connectivity index (χ2n) is 5.86. The van der Waals surface area contributed by atoms with Gasteiger partial charge in [0.15, 0.2) is 0 Å². The molecule has 0 atom stereocenters. The predicted molar refractivity (Wildman–Crippen MR) is 97.0 cm³/mol. The number of aromatic nitrogens is 1. The molecule has 1 N–H and O–H groups in total. The molecule has 1 aromatic heterocycles. The highest BCUT2D eigenvalue weighted by molar-refractivity contribution is 5.99. The molecule has 2 amide bonds. The largest absolute Gasteiger partial charge is 0.343 e. The molecule has 0 saturated carbocycles. The van der Waals surface area contributed by atoms with Gasteiger partial charge < -0.3 is 10.2 Å². The fraction of sp³-hybridized carbons (Fsp3) is 0.150. The number of carbonyl (C=O) groups excluding carboxylic acids is 2. The summed E-state index contributed by atoms with van der Waals surface area (Å²) >= 11 is 0. The van der Waals surface area contributed by atoms with Crippen molar-refractivity contribution in [1.29, 1.82) is 0 Å². The van der Waals surface area contributed by atoms with Crippen LogP contribution < -0.4 is 5.32 Å². The first kappa shape index (κ1) is 16.6. The van der Waals surface area contributed by atoms with Gasteiger partial charge in [-0.3, -0.25) is 14.6 Å². The Morgan fingerprint density at radius 3 is 2.60 bits per heavy atom. The van der Waals surface area contributed by atoms with Crippen LogP contribution in [-0.4, -0.2) is 35.3 Å². The summed E-state index contributed by atoms with van der Waals surface area (Å²) in [6, 6.07) is 17.1. The highest BCUT2D eigenvalue weighted by atomic mass is 16.2. The van der Waals surface area contributed by atoms with Crippen molar-refractivity contribution in [2.24, 2.45) is 0 Å². The third-order valence-corrected chi connectivity index (χ3v) is 3.98. The van der Waals surface area contributed by atoms with E-state index in [2.05, 4.69) is 10.3 Å². The normalized spacial score (nSPS) is 10.4. The molecule has 3 rings (SSSR count). The molecule has 0 aliphatic carbocycles. The maximum absolute atomic E-state index is 12.3. The summed E-state index contributed by atoms with van der Waals surface area (Å²) in [4.78, 5) is 30.1. The second-order valence-corrected chi connectivity index (χ2v) is 5.86. The van der Waals surface area contributed by atoms with Crippen molar-refractivity contribution in [3.63, 3.8) is 0 Å². The molecule has 0 saturated heterocycles. The van der Waals surface area contributed by atoms with Crippen molar-refractivity contribution >= 4 is 22.6 Å². The number of rotatable bonds is 5. The van der Waals surface area contributed by atoms with Gasteiger partial charge in [-0.15, -0.1) is 0 Å². The van der Waals surface area contributed by atoms with Crippen LogP contribution in [-0.2, 0) is 11.3 Å². The Hall–Kier alpha value is -3.21. The standard InChI is InChI=1S/C20H19N3O2/c1-23(14-15-5-4-10-21-12-15)19(24)13-22-20(25)18-9-8-16-6-2-3-7-17(16)11-18/h2-12H,13-14H2,1H3,(H,22,25). The zero-order valence-electron chi connectivity index (χ0n) is 14.0. The summed E-state index contributed by atoms with van der Waals surface area (Å²) in [5, 5.41) is 4.76. The maximum atomic E-state index is 12.3. The lowest BCUT2D eigenvalue weighted by Crippen LogP contribution is -2.37. The van der Waals surface area contributed by atoms with Crippen LogP contribution in [0.15, 0.2) is 67.0 Å². The van der Waals surface area contributed by atoms with E-state index in [-0.39, 0.29) is 18.4 Å². The minimum absolute atomic E-state index is 0.0393. The molecule has 126 valence electrons. The number of hydrogen-bond acceptors (Lipinski definition) is 3. The van der Waals surface area contributed by atoms with Crippen molar-refractivity contribution < 1.29 is 9.59 Å². The number of fused-ring (bicyclic) bond motifs is 1. The van der Waals surface area contributed by atoms with E-state index in [4.69, 9.17) is 0 Å². The molecule has 0 aliphatic heterocycles. The topological polar surface area (TPSA) is 62.3 Å². The smallest absolute Gasteiger partial charge is 0.251 e. The van der Waals surface area contributed by atoms with Crippen molar-refractivity contribution in [3.8, 4) is 0 Å². The lowest BCUT2D eigenvalue weighted by molar-refractivity contribution is -0.129. The van der Waals surface area contributed by atoms with Gasteiger partial charge in [0.05, 0.1) is 6.54 Å². The fourth-order valence-corrected chi connectivity index (χ4v) is 2.58. The van der Waals surface area contributed by atoms with Crippen LogP contribution in [0.5, 0.6) is 0 Å². The van der Waals surface area contributed by atoms with Crippen molar-refractivity contribution in [2.45, 2.75) is 6.54 Å². The number of benzene rings is 2. The zero-order valence-corrected chi connectivity index (χ0v) is 14.0. The molecule has 0 unspecified atom stereocenters. The van der Waals surface area contributed by atoms with E-state index in [1.807, 2.05) is 48.5 Å². The Morgan fingerprint density at radius 2 is 1.84 bits per heavy atom. The fourth-order valence-electron chi connectivity index (χ4n) is 2.58. The molecule has 0 spiro atoms. The van der Waals surface area contributed by atoms with Gasteiger partial charge in [0.1, 0.15) is 0 Å². The van der Waals surface area contributed by atoms with E-state index in [9.17, 15) is 9.59 Å². The summed E-state index contributed by atoms with van der Waals surface area (Å²) in [6.45, 7) is 0.418. The molecule has 2 aromatic carbocycles. The molecular formula is C20H19N3O2. The molecule has 0 aliphatic rings. The number of carbonyl (C=O) groups is 2. The first-order valence-corrected chi connectivity index (χ1v) is 8.03. The third-order valence-electron chi connectivity index (χ3n) is 3.98. The predicted octanol–water partition coefficient (Wildman–Crippen LogP) is 2.62. The van der Waals surface area contributed by atoms with Crippen LogP contribution in [0.1, 0.15) is 15.9 Å². The van der Waals surface area contributed by atoms with Gasteiger partial charge in [-0.1, -0.05) is 36.4 Å². The monoisotopic (exact) mass is 333 g/mol. The molecular weight excluding hydrogens is 314 g/mol. The molecule has 0 fully saturated rings. The van der Waals surface area contributed by atoms with Gasteiger partial charge in [-0.05, 0) is 34.5 Å². The molecule has 0 radical (unpaired) electrons. The maximum Gasteiger partial charge on any atom is 0.251 e. The van der Waals surface area contributed by atoms with Crippen molar-refractivity contribution in [2.75, 3.05) is 13.6 Å². The quantitative estimate of drug-likeness (QED) is 0.781. The minimum atomic E-state index is -0.256. The van der Waals surface area contributed by atoms with E-state index in [0.29, 0.717) is 12.1 Å². The number of hydrogen-bond donors (Lipinski definition) is 1. The zero-order chi connectivity index (χ0) is 17.6. The van der Waals surface area contributed by atoms with Gasteiger partial charge in [0.2, 0.25) is 5.91 Å². The van der Waals surface area contributed by atoms with Gasteiger partial charge in [0.25, 0.3) is 5.91 Å². The summed E-state index contributed by atoms with van der Waals surface area (Å²) < 4.78 is 0. The summed E-state index contributed by atoms with van der Waals surface area (Å²) in [5.41, 5.74) is 1.49. The van der Waals surface area contributed by atoms with E-state index in [1.165, 1.54) is 0 Å². The van der Waals surface area contributed by atoms with E-state index in [0.717, 1.165) is 16.3 Å². The Balaban J connectivity index is 1.58. The van der Waals surface area contributed by atoms with E-state index >= 15 is 0 Å². The second kappa shape index (κ2) is 7.57. The number of nitrogens with one attached hydrogen (secondary N) is 1. The Labute approximate surface area is 146 Å². The minimum Gasteiger partial charge on any atom is -0.343 e. The Bertz CT molecular complexity index is 894. The Kier molecular flexibility index (Phi) is 5.04. The summed E-state index contributed by atoms with van der Waals surface area (Å²) in [7, 11) is 1.71. The lowest BCUT2D eigenvalue weighted by Gasteiger charge is -2.17. The number of nitrogens with zero attached hydrogens (tertiary/aromatic N) is 2. The van der Waals surface area contributed by atoms with Gasteiger partial charge in [0, 0.05) is 31.5 Å². The molecule has 3 aromatic rings. The van der Waals surface area contributed by atoms with Crippen LogP contribution in [0, 0.1) is 0 Å². The number of pyridine rings is 1. The summed E-state index contributed by atoms with van der Waals surface area (Å²) in [5.74, 6) is -0.410. The molecule has 25 heavy (non-hydrogen) atoms. The molecule has 5 heteroatoms. The van der Waals surface area contributed by atoms with Crippen molar-refractivity contribution in [1.82, 2.24) is 15.2 Å². The van der Waals surface area contributed by atoms with Crippen molar-refractivity contribution in [3.05, 3.63) is 78.1 Å². The van der Waals surface area contributed by atoms with Crippen LogP contribution in [0.3, 0.4) is 0 Å². The highest BCUT2D eigenvalue weighted by Crippen LogP contribution is 2.15. The first-order valence-electron chi connectivity index (χ1n) is 8.03. The SMILES string of the molecule is CN(Cc1cccnc1)C(=O)CNC(=O)c1ccc2ccccc2c1. The van der Waals surface area contributed by atoms with E-state index < -0.39 is 0 Å². The Morgan fingerprint density at radius 1 is 1.04 bits per heavy atom. The third kappa shape index (κ3) is 4.20. The van der Waals surface area contributed by atoms with Crippen LogP contribution in [0.25, 0.3) is 10.8 Å². The average molecular weight is 333 g/mol. The highest BCUT2D eigenvalue weighted by Gasteiger charge is 2.12. The number of likely N-dealkylation sites (N-methyl/N-ethyl adjacent to an activating group) is 1. The molecule has 1 heterocycles.